The molecule has 0 bridgehead atoms. The number of pyridine rings is 1. The molecule has 1 atom stereocenters. The summed E-state index contributed by atoms with van der Waals surface area (Å²) in [6.45, 7) is 2.74. The largest absolute Gasteiger partial charge is 0.366 e. The molecule has 0 aliphatic rings. The molecule has 1 aromatic carbocycles. The van der Waals surface area contributed by atoms with Gasteiger partial charge in [-0.3, -0.25) is 4.68 Å². The fraction of sp³-hybridized carbons (Fsp3) is 0.167. The van der Waals surface area contributed by atoms with Crippen LogP contribution in [0.4, 0.5) is 5.82 Å². The Kier molecular flexibility index (Phi) is 4.80. The minimum atomic E-state index is 0.142. The van der Waals surface area contributed by atoms with Crippen LogP contribution in [-0.2, 0) is 6.54 Å². The average Bonchev–Trinajstić information content (AvgIpc) is 3.34. The van der Waals surface area contributed by atoms with Crippen molar-refractivity contribution in [3.05, 3.63) is 60.3 Å². The number of hydrogen-bond acceptors (Lipinski definition) is 7. The van der Waals surface area contributed by atoms with Crippen molar-refractivity contribution < 1.29 is 4.52 Å². The SMILES string of the molecule is CC(Cn1cncn1)Nc1ccc(-c2nc(-c3cccc(Cl)c3)no2)cn1. The summed E-state index contributed by atoms with van der Waals surface area (Å²) in [6.07, 6.45) is 4.89. The van der Waals surface area contributed by atoms with Crippen LogP contribution in [0.25, 0.3) is 22.8 Å². The average molecular weight is 382 g/mol. The Labute approximate surface area is 160 Å². The molecule has 0 spiro atoms. The molecule has 0 aliphatic heterocycles. The third kappa shape index (κ3) is 4.12. The fourth-order valence-electron chi connectivity index (χ4n) is 2.60. The van der Waals surface area contributed by atoms with Gasteiger partial charge in [-0.25, -0.2) is 9.97 Å². The van der Waals surface area contributed by atoms with Gasteiger partial charge in [-0.1, -0.05) is 28.9 Å². The lowest BCUT2D eigenvalue weighted by Gasteiger charge is -2.14. The molecule has 1 unspecified atom stereocenters. The Morgan fingerprint density at radius 2 is 2.15 bits per heavy atom. The third-order valence-electron chi connectivity index (χ3n) is 3.84. The predicted octanol–water partition coefficient (Wildman–Crippen LogP) is 3.54. The molecule has 136 valence electrons. The number of hydrogen-bond donors (Lipinski definition) is 1. The van der Waals surface area contributed by atoms with Gasteiger partial charge in [-0.15, -0.1) is 0 Å². The van der Waals surface area contributed by atoms with Crippen LogP contribution in [0.1, 0.15) is 6.92 Å². The maximum Gasteiger partial charge on any atom is 0.259 e. The van der Waals surface area contributed by atoms with Gasteiger partial charge in [0, 0.05) is 22.8 Å². The summed E-state index contributed by atoms with van der Waals surface area (Å²) in [5.74, 6) is 1.64. The van der Waals surface area contributed by atoms with E-state index in [2.05, 4.69) is 30.5 Å². The highest BCUT2D eigenvalue weighted by molar-refractivity contribution is 6.30. The summed E-state index contributed by atoms with van der Waals surface area (Å²) in [7, 11) is 0. The van der Waals surface area contributed by atoms with Gasteiger partial charge in [-0.05, 0) is 31.2 Å². The number of anilines is 1. The van der Waals surface area contributed by atoms with Crippen molar-refractivity contribution in [3.8, 4) is 22.8 Å². The monoisotopic (exact) mass is 381 g/mol. The highest BCUT2D eigenvalue weighted by Crippen LogP contribution is 2.24. The van der Waals surface area contributed by atoms with E-state index in [0.717, 1.165) is 16.9 Å². The van der Waals surface area contributed by atoms with Crippen molar-refractivity contribution in [1.82, 2.24) is 29.9 Å². The highest BCUT2D eigenvalue weighted by atomic mass is 35.5. The molecule has 4 aromatic rings. The van der Waals surface area contributed by atoms with E-state index in [1.54, 1.807) is 29.3 Å². The van der Waals surface area contributed by atoms with Crippen LogP contribution in [0.5, 0.6) is 0 Å². The number of benzene rings is 1. The van der Waals surface area contributed by atoms with Gasteiger partial charge in [0.1, 0.15) is 18.5 Å². The first-order valence-electron chi connectivity index (χ1n) is 8.32. The zero-order valence-corrected chi connectivity index (χ0v) is 15.2. The minimum absolute atomic E-state index is 0.142. The van der Waals surface area contributed by atoms with E-state index in [-0.39, 0.29) is 6.04 Å². The molecule has 8 nitrogen and oxygen atoms in total. The van der Waals surface area contributed by atoms with Crippen molar-refractivity contribution in [2.24, 2.45) is 0 Å². The van der Waals surface area contributed by atoms with E-state index in [9.17, 15) is 0 Å². The Balaban J connectivity index is 1.44. The zero-order valence-electron chi connectivity index (χ0n) is 14.5. The number of nitrogens with zero attached hydrogens (tertiary/aromatic N) is 6. The predicted molar refractivity (Wildman–Crippen MR) is 101 cm³/mol. The smallest absolute Gasteiger partial charge is 0.259 e. The van der Waals surface area contributed by atoms with Crippen LogP contribution in [0.15, 0.2) is 59.8 Å². The van der Waals surface area contributed by atoms with Gasteiger partial charge < -0.3 is 9.84 Å². The molecule has 0 saturated heterocycles. The molecule has 1 N–H and O–H groups in total. The molecule has 9 heteroatoms. The summed E-state index contributed by atoms with van der Waals surface area (Å²) in [5, 5.41) is 12.0. The van der Waals surface area contributed by atoms with Crippen LogP contribution < -0.4 is 5.32 Å². The molecular weight excluding hydrogens is 366 g/mol. The Morgan fingerprint density at radius 3 is 2.89 bits per heavy atom. The first-order valence-corrected chi connectivity index (χ1v) is 8.70. The summed E-state index contributed by atoms with van der Waals surface area (Å²) >= 11 is 6.01. The Morgan fingerprint density at radius 1 is 1.22 bits per heavy atom. The number of rotatable bonds is 6. The fourth-order valence-corrected chi connectivity index (χ4v) is 2.79. The van der Waals surface area contributed by atoms with Gasteiger partial charge in [0.15, 0.2) is 0 Å². The molecule has 3 heterocycles. The van der Waals surface area contributed by atoms with E-state index in [0.29, 0.717) is 23.3 Å². The number of nitrogens with one attached hydrogen (secondary N) is 1. The topological polar surface area (TPSA) is 94.6 Å². The Hall–Kier alpha value is -3.26. The second-order valence-corrected chi connectivity index (χ2v) is 6.46. The third-order valence-corrected chi connectivity index (χ3v) is 4.08. The number of halogens is 1. The summed E-state index contributed by atoms with van der Waals surface area (Å²) in [4.78, 5) is 12.8. The molecule has 0 radical (unpaired) electrons. The maximum absolute atomic E-state index is 6.01. The molecule has 0 saturated carbocycles. The lowest BCUT2D eigenvalue weighted by molar-refractivity contribution is 0.432. The second kappa shape index (κ2) is 7.55. The van der Waals surface area contributed by atoms with Crippen molar-refractivity contribution in [2.45, 2.75) is 19.5 Å². The van der Waals surface area contributed by atoms with E-state index in [4.69, 9.17) is 16.1 Å². The van der Waals surface area contributed by atoms with Crippen molar-refractivity contribution >= 4 is 17.4 Å². The normalized spacial score (nSPS) is 12.1. The first kappa shape index (κ1) is 17.2. The maximum atomic E-state index is 6.01. The van der Waals surface area contributed by atoms with E-state index >= 15 is 0 Å². The zero-order chi connectivity index (χ0) is 18.6. The Bertz CT molecular complexity index is 1010. The van der Waals surface area contributed by atoms with Crippen molar-refractivity contribution in [1.29, 1.82) is 0 Å². The number of aromatic nitrogens is 6. The van der Waals surface area contributed by atoms with Gasteiger partial charge in [-0.2, -0.15) is 10.1 Å². The molecule has 4 rings (SSSR count). The van der Waals surface area contributed by atoms with Crippen molar-refractivity contribution in [3.63, 3.8) is 0 Å². The molecule has 0 amide bonds. The molecule has 0 aliphatic carbocycles. The minimum Gasteiger partial charge on any atom is -0.366 e. The summed E-state index contributed by atoms with van der Waals surface area (Å²) in [6, 6.07) is 11.2. The lowest BCUT2D eigenvalue weighted by Crippen LogP contribution is -2.22. The second-order valence-electron chi connectivity index (χ2n) is 6.03. The summed E-state index contributed by atoms with van der Waals surface area (Å²) in [5.41, 5.74) is 1.54. The van der Waals surface area contributed by atoms with Crippen LogP contribution >= 0.6 is 11.6 Å². The summed E-state index contributed by atoms with van der Waals surface area (Å²) < 4.78 is 7.12. The quantitative estimate of drug-likeness (QED) is 0.545. The van der Waals surface area contributed by atoms with Crippen LogP contribution in [-0.4, -0.2) is 35.9 Å². The highest BCUT2D eigenvalue weighted by Gasteiger charge is 2.12. The first-order chi connectivity index (χ1) is 13.2. The van der Waals surface area contributed by atoms with Crippen molar-refractivity contribution in [2.75, 3.05) is 5.32 Å². The molecule has 27 heavy (non-hydrogen) atoms. The van der Waals surface area contributed by atoms with Crippen LogP contribution in [0.2, 0.25) is 5.02 Å². The molecule has 0 fully saturated rings. The van der Waals surface area contributed by atoms with E-state index < -0.39 is 0 Å². The van der Waals surface area contributed by atoms with Crippen LogP contribution in [0, 0.1) is 0 Å². The van der Waals surface area contributed by atoms with Crippen LogP contribution in [0.3, 0.4) is 0 Å². The van der Waals surface area contributed by atoms with Gasteiger partial charge >= 0.3 is 0 Å². The van der Waals surface area contributed by atoms with Gasteiger partial charge in [0.2, 0.25) is 5.82 Å². The van der Waals surface area contributed by atoms with E-state index in [1.165, 1.54) is 6.33 Å². The van der Waals surface area contributed by atoms with E-state index in [1.807, 2.05) is 31.2 Å². The molecule has 3 aromatic heterocycles. The standard InChI is InChI=1S/C18H16ClN7O/c1-12(9-26-11-20-10-22-26)23-16-6-5-14(8-21-16)18-24-17(25-27-18)13-3-2-4-15(19)7-13/h2-8,10-12H,9H2,1H3,(H,21,23). The molecular formula is C18H16ClN7O. The lowest BCUT2D eigenvalue weighted by atomic mass is 10.2. The van der Waals surface area contributed by atoms with Gasteiger partial charge in [0.05, 0.1) is 12.1 Å². The van der Waals surface area contributed by atoms with Gasteiger partial charge in [0.25, 0.3) is 5.89 Å².